The minimum atomic E-state index is -1.11. The van der Waals surface area contributed by atoms with Crippen molar-refractivity contribution >= 4 is 39.8 Å². The highest BCUT2D eigenvalue weighted by Gasteiger charge is 2.61. The van der Waals surface area contributed by atoms with Gasteiger partial charge in [-0.3, -0.25) is 9.20 Å². The number of thiazole rings is 1. The molecule has 2 N–H and O–H groups in total. The van der Waals surface area contributed by atoms with Crippen LogP contribution in [-0.2, 0) is 16.0 Å². The van der Waals surface area contributed by atoms with Crippen molar-refractivity contribution in [2.45, 2.75) is 38.8 Å². The summed E-state index contributed by atoms with van der Waals surface area (Å²) in [5, 5.41) is 22.1. The fourth-order valence-corrected chi connectivity index (χ4v) is 5.95. The van der Waals surface area contributed by atoms with Crippen molar-refractivity contribution in [3.05, 3.63) is 34.2 Å². The molecule has 3 atom stereocenters. The van der Waals surface area contributed by atoms with Gasteiger partial charge in [0.1, 0.15) is 16.4 Å². The quantitative estimate of drug-likeness (QED) is 0.729. The van der Waals surface area contributed by atoms with Crippen LogP contribution in [0, 0.1) is 5.41 Å². The van der Waals surface area contributed by atoms with Gasteiger partial charge in [-0.1, -0.05) is 6.92 Å². The maximum Gasteiger partial charge on any atom is 0.353 e. The molecule has 0 radical (unpaired) electrons. The van der Waals surface area contributed by atoms with Crippen LogP contribution in [-0.4, -0.2) is 54.3 Å². The van der Waals surface area contributed by atoms with Crippen molar-refractivity contribution in [2.24, 2.45) is 5.41 Å². The van der Waals surface area contributed by atoms with Crippen LogP contribution in [0.25, 0.3) is 4.83 Å². The Kier molecular flexibility index (Phi) is 4.13. The van der Waals surface area contributed by atoms with Crippen molar-refractivity contribution < 1.29 is 19.8 Å². The van der Waals surface area contributed by atoms with Crippen molar-refractivity contribution in [2.75, 3.05) is 5.75 Å². The zero-order chi connectivity index (χ0) is 18.6. The number of hydrogen-bond donors (Lipinski definition) is 2. The van der Waals surface area contributed by atoms with Crippen LogP contribution < -0.4 is 0 Å². The van der Waals surface area contributed by atoms with Gasteiger partial charge in [0.25, 0.3) is 0 Å². The molecule has 4 rings (SSSR count). The number of aryl methyl sites for hydroxylation is 1. The van der Waals surface area contributed by atoms with Gasteiger partial charge in [0.2, 0.25) is 5.91 Å². The third-order valence-electron chi connectivity index (χ3n) is 5.47. The number of amides is 1. The molecule has 0 bridgehead atoms. The Labute approximate surface area is 158 Å². The molecular formula is C17H19N3O4S2. The molecular weight excluding hydrogens is 374 g/mol. The molecule has 0 spiro atoms. The lowest BCUT2D eigenvalue weighted by molar-refractivity contribution is -0.152. The van der Waals surface area contributed by atoms with E-state index in [9.17, 15) is 19.8 Å². The lowest BCUT2D eigenvalue weighted by atomic mass is 9.74. The van der Waals surface area contributed by atoms with E-state index in [2.05, 4.69) is 4.98 Å². The molecule has 2 aliphatic heterocycles. The number of β-lactam (4-membered cyclic amide) rings is 1. The molecule has 1 saturated heterocycles. The maximum absolute atomic E-state index is 12.0. The summed E-state index contributed by atoms with van der Waals surface area (Å²) in [7, 11) is 0. The van der Waals surface area contributed by atoms with Gasteiger partial charge in [0.15, 0.2) is 0 Å². The number of fused-ring (bicyclic) bond motifs is 2. The Morgan fingerprint density at radius 1 is 1.58 bits per heavy atom. The van der Waals surface area contributed by atoms with E-state index in [1.54, 1.807) is 18.3 Å². The minimum Gasteiger partial charge on any atom is -0.477 e. The fraction of sp³-hybridized carbons (Fsp3) is 0.471. The highest BCUT2D eigenvalue weighted by molar-refractivity contribution is 8.03. The lowest BCUT2D eigenvalue weighted by Gasteiger charge is -2.45. The number of hydrogen-bond acceptors (Lipinski definition) is 6. The molecule has 0 aliphatic carbocycles. The highest BCUT2D eigenvalue weighted by atomic mass is 32.2. The summed E-state index contributed by atoms with van der Waals surface area (Å²) >= 11 is 3.02. The second-order valence-corrected chi connectivity index (χ2v) is 8.84. The average molecular weight is 393 g/mol. The summed E-state index contributed by atoms with van der Waals surface area (Å²) in [6.07, 6.45) is 3.98. The third kappa shape index (κ3) is 2.34. The van der Waals surface area contributed by atoms with Gasteiger partial charge >= 0.3 is 5.97 Å². The minimum absolute atomic E-state index is 0.0310. The zero-order valence-electron chi connectivity index (χ0n) is 14.4. The topological polar surface area (TPSA) is 95.1 Å². The van der Waals surface area contributed by atoms with Crippen LogP contribution in [0.15, 0.2) is 28.4 Å². The second-order valence-electron chi connectivity index (χ2n) is 6.81. The predicted molar refractivity (Wildman–Crippen MR) is 98.9 cm³/mol. The largest absolute Gasteiger partial charge is 0.477 e. The smallest absolute Gasteiger partial charge is 0.353 e. The second kappa shape index (κ2) is 6.11. The van der Waals surface area contributed by atoms with Crippen molar-refractivity contribution in [1.29, 1.82) is 0 Å². The van der Waals surface area contributed by atoms with Crippen molar-refractivity contribution in [3.8, 4) is 0 Å². The molecule has 4 heterocycles. The number of carbonyl (C=O) groups is 2. The van der Waals surface area contributed by atoms with Crippen molar-refractivity contribution in [1.82, 2.24) is 14.3 Å². The predicted octanol–water partition coefficient (Wildman–Crippen LogP) is 1.97. The number of carbonyl (C=O) groups excluding carboxylic acids is 1. The molecule has 2 aromatic heterocycles. The Bertz CT molecular complexity index is 931. The Hall–Kier alpha value is -1.84. The normalized spacial score (nSPS) is 26.3. The van der Waals surface area contributed by atoms with Crippen LogP contribution in [0.2, 0.25) is 0 Å². The molecule has 9 heteroatoms. The monoisotopic (exact) mass is 393 g/mol. The number of thioether (sulfide) groups is 1. The van der Waals surface area contributed by atoms with Crippen LogP contribution in [0.4, 0.5) is 0 Å². The number of imidazole rings is 1. The summed E-state index contributed by atoms with van der Waals surface area (Å²) in [6, 6.07) is -0.279. The standard InChI is InChI=1S/C17H19N3O4S2/c1-9(21)17(2)10-7-12(22)20(10)14(16(23)24)15(17)26-5-3-11-18-8-13-19(11)4-6-25-13/h4,6,8-10,21H,3,5,7H2,1-2H3,(H,23,24)/t9-,10+,17+/m1/s1. The molecule has 0 aromatic carbocycles. The van der Waals surface area contributed by atoms with E-state index in [4.69, 9.17) is 0 Å². The number of carboxylic acid groups (broad SMARTS) is 1. The van der Waals surface area contributed by atoms with Gasteiger partial charge in [-0.05, 0) is 6.92 Å². The molecule has 7 nitrogen and oxygen atoms in total. The van der Waals surface area contributed by atoms with Gasteiger partial charge in [-0.25, -0.2) is 9.78 Å². The summed E-state index contributed by atoms with van der Waals surface area (Å²) < 4.78 is 2.02. The number of carboxylic acids is 1. The molecule has 2 aliphatic rings. The summed E-state index contributed by atoms with van der Waals surface area (Å²) in [6.45, 7) is 3.52. The number of rotatable bonds is 6. The molecule has 0 saturated carbocycles. The van der Waals surface area contributed by atoms with E-state index in [0.717, 1.165) is 10.7 Å². The van der Waals surface area contributed by atoms with Gasteiger partial charge in [-0.15, -0.1) is 23.1 Å². The van der Waals surface area contributed by atoms with Gasteiger partial charge < -0.3 is 15.1 Å². The summed E-state index contributed by atoms with van der Waals surface area (Å²) in [5.41, 5.74) is -0.722. The molecule has 1 fully saturated rings. The van der Waals surface area contributed by atoms with E-state index in [1.165, 1.54) is 16.7 Å². The van der Waals surface area contributed by atoms with Crippen molar-refractivity contribution in [3.63, 3.8) is 0 Å². The fourth-order valence-electron chi connectivity index (χ4n) is 3.80. The Morgan fingerprint density at radius 2 is 2.35 bits per heavy atom. The SMILES string of the molecule is C[C@@H](O)[C@]1(C)C(SCCc2ncc3sccn23)=C(C(=O)O)N2C(=O)C[C@H]21. The lowest BCUT2D eigenvalue weighted by Crippen LogP contribution is -2.57. The Balaban J connectivity index is 1.61. The first kappa shape index (κ1) is 17.6. The molecule has 26 heavy (non-hydrogen) atoms. The molecule has 2 aromatic rings. The molecule has 1 amide bonds. The van der Waals surface area contributed by atoms with E-state index >= 15 is 0 Å². The average Bonchev–Trinajstić information content (AvgIpc) is 3.22. The first-order chi connectivity index (χ1) is 12.4. The third-order valence-corrected chi connectivity index (χ3v) is 7.60. The number of aromatic nitrogens is 2. The number of aliphatic hydroxyl groups is 1. The number of aliphatic carboxylic acids is 1. The summed E-state index contributed by atoms with van der Waals surface area (Å²) in [5.74, 6) is 0.236. The van der Waals surface area contributed by atoms with E-state index in [0.29, 0.717) is 17.1 Å². The van der Waals surface area contributed by atoms with Gasteiger partial charge in [0.05, 0.1) is 18.3 Å². The van der Waals surface area contributed by atoms with Gasteiger partial charge in [-0.2, -0.15) is 0 Å². The number of nitrogens with zero attached hydrogens (tertiary/aromatic N) is 3. The van der Waals surface area contributed by atoms with E-state index < -0.39 is 17.5 Å². The maximum atomic E-state index is 12.0. The highest BCUT2D eigenvalue weighted by Crippen LogP contribution is 2.56. The molecule has 0 unspecified atom stereocenters. The first-order valence-electron chi connectivity index (χ1n) is 8.36. The van der Waals surface area contributed by atoms with Crippen LogP contribution in [0.1, 0.15) is 26.1 Å². The van der Waals surface area contributed by atoms with Crippen LogP contribution in [0.5, 0.6) is 0 Å². The summed E-state index contributed by atoms with van der Waals surface area (Å²) in [4.78, 5) is 31.2. The first-order valence-corrected chi connectivity index (χ1v) is 10.2. The zero-order valence-corrected chi connectivity index (χ0v) is 16.0. The molecule has 138 valence electrons. The van der Waals surface area contributed by atoms with Gasteiger partial charge in [0, 0.05) is 40.5 Å². The van der Waals surface area contributed by atoms with E-state index in [1.807, 2.05) is 29.1 Å². The van der Waals surface area contributed by atoms with E-state index in [-0.39, 0.29) is 24.1 Å². The Morgan fingerprint density at radius 3 is 3.00 bits per heavy atom. The van der Waals surface area contributed by atoms with Crippen LogP contribution >= 0.6 is 23.1 Å². The number of aliphatic hydroxyl groups excluding tert-OH is 1. The van der Waals surface area contributed by atoms with Crippen LogP contribution in [0.3, 0.4) is 0 Å².